The van der Waals surface area contributed by atoms with Gasteiger partial charge in [-0.25, -0.2) is 0 Å². The zero-order valence-corrected chi connectivity index (χ0v) is 17.2. The van der Waals surface area contributed by atoms with Crippen molar-refractivity contribution >= 4 is 29.9 Å². The summed E-state index contributed by atoms with van der Waals surface area (Å²) in [5.74, 6) is -0.0835. The molecule has 2 aliphatic heterocycles. The van der Waals surface area contributed by atoms with Gasteiger partial charge in [0.2, 0.25) is 0 Å². The van der Waals surface area contributed by atoms with Crippen molar-refractivity contribution in [2.24, 2.45) is 0 Å². The Morgan fingerprint density at radius 3 is 2.16 bits per heavy atom. The number of benzene rings is 1. The van der Waals surface area contributed by atoms with E-state index in [1.54, 1.807) is 0 Å². The monoisotopic (exact) mass is 365 g/mol. The maximum Gasteiger partial charge on any atom is 0.496 e. The Labute approximate surface area is 156 Å². The molecule has 2 heterocycles. The van der Waals surface area contributed by atoms with E-state index in [2.05, 4.69) is 12.2 Å². The standard InChI is InChI=1S/C19H29BClNO3/c1-10-9-12(20-24-18(5,6)19(7,8)25-20)14(21)13-11(2)16(23)17(3,4)22-15(10)13/h9,11,16,22-23H,1-8H3/t11-,16+/m0/s1. The fraction of sp³-hybridized carbons (Fsp3) is 0.684. The van der Waals surface area contributed by atoms with Crippen LogP contribution in [0.15, 0.2) is 6.07 Å². The van der Waals surface area contributed by atoms with Gasteiger partial charge in [-0.3, -0.25) is 0 Å². The third-order valence-corrected chi connectivity index (χ3v) is 6.57. The molecule has 0 unspecified atom stereocenters. The van der Waals surface area contributed by atoms with Crippen LogP contribution in [-0.2, 0) is 9.31 Å². The molecule has 2 atom stereocenters. The molecule has 0 radical (unpaired) electrons. The third-order valence-electron chi connectivity index (χ3n) is 6.15. The van der Waals surface area contributed by atoms with Crippen molar-refractivity contribution in [2.75, 3.05) is 5.32 Å². The highest BCUT2D eigenvalue weighted by atomic mass is 35.5. The molecule has 1 aromatic rings. The molecule has 0 saturated carbocycles. The molecule has 25 heavy (non-hydrogen) atoms. The minimum Gasteiger partial charge on any atom is -0.399 e. The Kier molecular flexibility index (Phi) is 4.28. The Bertz CT molecular complexity index is 701. The van der Waals surface area contributed by atoms with Crippen molar-refractivity contribution < 1.29 is 14.4 Å². The lowest BCUT2D eigenvalue weighted by molar-refractivity contribution is 0.00578. The van der Waals surface area contributed by atoms with Crippen LogP contribution in [0, 0.1) is 6.92 Å². The van der Waals surface area contributed by atoms with Crippen molar-refractivity contribution in [3.05, 3.63) is 22.2 Å². The highest BCUT2D eigenvalue weighted by molar-refractivity contribution is 6.66. The summed E-state index contributed by atoms with van der Waals surface area (Å²) in [6, 6.07) is 2.04. The molecule has 138 valence electrons. The molecule has 0 bridgehead atoms. The molecule has 6 heteroatoms. The number of hydrogen-bond donors (Lipinski definition) is 2. The number of aryl methyl sites for hydroxylation is 1. The Morgan fingerprint density at radius 1 is 1.12 bits per heavy atom. The average molecular weight is 366 g/mol. The van der Waals surface area contributed by atoms with Gasteiger partial charge in [0.1, 0.15) is 0 Å². The lowest BCUT2D eigenvalue weighted by Crippen LogP contribution is -2.50. The number of aliphatic hydroxyl groups is 1. The van der Waals surface area contributed by atoms with Gasteiger partial charge in [-0.1, -0.05) is 24.6 Å². The van der Waals surface area contributed by atoms with Crippen LogP contribution in [0.4, 0.5) is 5.69 Å². The van der Waals surface area contributed by atoms with Crippen LogP contribution in [-0.4, -0.2) is 35.1 Å². The first-order chi connectivity index (χ1) is 11.3. The van der Waals surface area contributed by atoms with Crippen molar-refractivity contribution in [3.8, 4) is 0 Å². The lowest BCUT2D eigenvalue weighted by Gasteiger charge is -2.43. The van der Waals surface area contributed by atoms with Gasteiger partial charge in [0.05, 0.1) is 22.8 Å². The molecule has 2 N–H and O–H groups in total. The highest BCUT2D eigenvalue weighted by Crippen LogP contribution is 2.44. The highest BCUT2D eigenvalue weighted by Gasteiger charge is 2.53. The molecule has 2 aliphatic rings. The number of anilines is 1. The van der Waals surface area contributed by atoms with E-state index in [1.165, 1.54) is 0 Å². The molecular formula is C19H29BClNO3. The quantitative estimate of drug-likeness (QED) is 0.746. The van der Waals surface area contributed by atoms with Crippen LogP contribution in [0.2, 0.25) is 5.02 Å². The van der Waals surface area contributed by atoms with Gasteiger partial charge in [-0.2, -0.15) is 0 Å². The van der Waals surface area contributed by atoms with Crippen molar-refractivity contribution in [1.29, 1.82) is 0 Å². The van der Waals surface area contributed by atoms with E-state index in [9.17, 15) is 5.11 Å². The maximum atomic E-state index is 10.7. The van der Waals surface area contributed by atoms with E-state index in [0.717, 1.165) is 22.3 Å². The Morgan fingerprint density at radius 2 is 1.64 bits per heavy atom. The van der Waals surface area contributed by atoms with Crippen LogP contribution in [0.5, 0.6) is 0 Å². The van der Waals surface area contributed by atoms with E-state index in [0.29, 0.717) is 5.02 Å². The maximum absolute atomic E-state index is 10.7. The second kappa shape index (κ2) is 5.62. The number of nitrogens with one attached hydrogen (secondary N) is 1. The summed E-state index contributed by atoms with van der Waals surface area (Å²) in [4.78, 5) is 0. The SMILES string of the molecule is Cc1cc(B2OC(C)(C)C(C)(C)O2)c(Cl)c2c1NC(C)(C)[C@H](O)[C@H]2C. The molecule has 0 aliphatic carbocycles. The fourth-order valence-corrected chi connectivity index (χ4v) is 4.17. The van der Waals surface area contributed by atoms with Crippen LogP contribution in [0.3, 0.4) is 0 Å². The first-order valence-corrected chi connectivity index (χ1v) is 9.31. The van der Waals surface area contributed by atoms with Crippen LogP contribution in [0.1, 0.15) is 65.5 Å². The second-order valence-electron chi connectivity index (χ2n) is 9.05. The summed E-state index contributed by atoms with van der Waals surface area (Å²) >= 11 is 6.81. The minimum absolute atomic E-state index is 0.0835. The number of aliphatic hydroxyl groups excluding tert-OH is 1. The number of fused-ring (bicyclic) bond motifs is 1. The van der Waals surface area contributed by atoms with Crippen LogP contribution >= 0.6 is 11.6 Å². The summed E-state index contributed by atoms with van der Waals surface area (Å²) < 4.78 is 12.4. The molecule has 1 aromatic carbocycles. The lowest BCUT2D eigenvalue weighted by atomic mass is 9.72. The van der Waals surface area contributed by atoms with Crippen molar-refractivity contribution in [1.82, 2.24) is 0 Å². The summed E-state index contributed by atoms with van der Waals surface area (Å²) in [5, 5.41) is 14.8. The number of rotatable bonds is 1. The summed E-state index contributed by atoms with van der Waals surface area (Å²) in [7, 11) is -0.513. The van der Waals surface area contributed by atoms with Gasteiger partial charge in [0, 0.05) is 22.1 Å². The summed E-state index contributed by atoms with van der Waals surface area (Å²) in [5.41, 5.74) is 2.61. The second-order valence-corrected chi connectivity index (χ2v) is 9.43. The van der Waals surface area contributed by atoms with Crippen LogP contribution < -0.4 is 10.8 Å². The normalized spacial score (nSPS) is 29.3. The van der Waals surface area contributed by atoms with Crippen molar-refractivity contribution in [3.63, 3.8) is 0 Å². The molecule has 4 nitrogen and oxygen atoms in total. The predicted octanol–water partition coefficient (Wildman–Crippen LogP) is 3.62. The molecular weight excluding hydrogens is 336 g/mol. The average Bonchev–Trinajstić information content (AvgIpc) is 2.68. The zero-order valence-electron chi connectivity index (χ0n) is 16.5. The van der Waals surface area contributed by atoms with Gasteiger partial charge in [-0.15, -0.1) is 0 Å². The van der Waals surface area contributed by atoms with Gasteiger partial charge in [-0.05, 0) is 59.6 Å². The van der Waals surface area contributed by atoms with Crippen LogP contribution in [0.25, 0.3) is 0 Å². The van der Waals surface area contributed by atoms with E-state index in [-0.39, 0.29) is 5.92 Å². The molecule has 1 saturated heterocycles. The number of halogens is 1. The molecule has 1 fully saturated rings. The first kappa shape index (κ1) is 19.0. The molecule has 3 rings (SSSR count). The smallest absolute Gasteiger partial charge is 0.399 e. The van der Waals surface area contributed by atoms with Gasteiger partial charge >= 0.3 is 7.12 Å². The summed E-state index contributed by atoms with van der Waals surface area (Å²) in [6.45, 7) is 16.2. The molecule has 0 spiro atoms. The van der Waals surface area contributed by atoms with E-state index in [4.69, 9.17) is 20.9 Å². The van der Waals surface area contributed by atoms with E-state index in [1.807, 2.05) is 54.5 Å². The predicted molar refractivity (Wildman–Crippen MR) is 104 cm³/mol. The molecule has 0 amide bonds. The summed E-state index contributed by atoms with van der Waals surface area (Å²) in [6.07, 6.45) is -0.537. The number of hydrogen-bond acceptors (Lipinski definition) is 4. The van der Waals surface area contributed by atoms with Gasteiger partial charge < -0.3 is 19.7 Å². The van der Waals surface area contributed by atoms with E-state index < -0.39 is 30.0 Å². The Balaban J connectivity index is 2.10. The molecule has 0 aromatic heterocycles. The van der Waals surface area contributed by atoms with E-state index >= 15 is 0 Å². The first-order valence-electron chi connectivity index (χ1n) is 8.93. The fourth-order valence-electron chi connectivity index (χ4n) is 3.76. The van der Waals surface area contributed by atoms with Gasteiger partial charge in [0.25, 0.3) is 0 Å². The minimum atomic E-state index is -0.537. The third kappa shape index (κ3) is 2.80. The Hall–Kier alpha value is -0.745. The zero-order chi connectivity index (χ0) is 18.9. The largest absolute Gasteiger partial charge is 0.496 e. The van der Waals surface area contributed by atoms with Crippen molar-refractivity contribution in [2.45, 2.75) is 84.2 Å². The topological polar surface area (TPSA) is 50.7 Å². The van der Waals surface area contributed by atoms with Gasteiger partial charge in [0.15, 0.2) is 0 Å².